The van der Waals surface area contributed by atoms with Gasteiger partial charge < -0.3 is 8.98 Å². The van der Waals surface area contributed by atoms with Gasteiger partial charge in [0.15, 0.2) is 0 Å². The van der Waals surface area contributed by atoms with Gasteiger partial charge in [-0.3, -0.25) is 0 Å². The third-order valence-corrected chi connectivity index (χ3v) is 4.36. The molecule has 132 valence electrons. The summed E-state index contributed by atoms with van der Waals surface area (Å²) in [5.74, 6) is 0.105. The van der Waals surface area contributed by atoms with Crippen molar-refractivity contribution in [1.82, 2.24) is 19.7 Å². The van der Waals surface area contributed by atoms with Gasteiger partial charge in [-0.05, 0) is 29.8 Å². The minimum Gasteiger partial charge on any atom is -0.422 e. The molecule has 3 heterocycles. The van der Waals surface area contributed by atoms with Crippen molar-refractivity contribution >= 4 is 23.1 Å². The number of hydrogen-bond donors (Lipinski definition) is 0. The van der Waals surface area contributed by atoms with E-state index in [4.69, 9.17) is 8.75 Å². The highest BCUT2D eigenvalue weighted by Crippen LogP contribution is 2.30. The minimum absolute atomic E-state index is 0.277. The summed E-state index contributed by atoms with van der Waals surface area (Å²) in [5, 5.41) is 8.62. The normalized spacial score (nSPS) is 11.3. The summed E-state index contributed by atoms with van der Waals surface area (Å²) in [7, 11) is 1.44. The van der Waals surface area contributed by atoms with Crippen molar-refractivity contribution in [2.24, 2.45) is 0 Å². The van der Waals surface area contributed by atoms with E-state index < -0.39 is 0 Å². The van der Waals surface area contributed by atoms with Crippen molar-refractivity contribution in [2.75, 3.05) is 7.11 Å². The SMILES string of the molecule is COOSc1cnc2c(c1)cc(-c1nnco1)n2Cc1ccc(F)cc1. The van der Waals surface area contributed by atoms with Crippen LogP contribution in [0.2, 0.25) is 0 Å². The van der Waals surface area contributed by atoms with Crippen LogP contribution in [0.4, 0.5) is 4.39 Å². The molecule has 4 rings (SSSR count). The molecule has 0 N–H and O–H groups in total. The first-order valence-corrected chi connectivity index (χ1v) is 8.36. The molecule has 0 aliphatic rings. The number of aromatic nitrogens is 4. The van der Waals surface area contributed by atoms with Gasteiger partial charge in [0.25, 0.3) is 5.89 Å². The van der Waals surface area contributed by atoms with Gasteiger partial charge in [0.2, 0.25) is 6.39 Å². The predicted molar refractivity (Wildman–Crippen MR) is 92.5 cm³/mol. The Kier molecular flexibility index (Phi) is 4.65. The number of halogens is 1. The molecule has 1 aromatic carbocycles. The molecule has 0 spiro atoms. The summed E-state index contributed by atoms with van der Waals surface area (Å²) < 4.78 is 25.4. The molecule has 0 saturated carbocycles. The summed E-state index contributed by atoms with van der Waals surface area (Å²) in [6.07, 6.45) is 2.96. The van der Waals surface area contributed by atoms with Crippen LogP contribution in [-0.4, -0.2) is 26.9 Å². The van der Waals surface area contributed by atoms with E-state index in [2.05, 4.69) is 20.1 Å². The van der Waals surface area contributed by atoms with Gasteiger partial charge in [0.1, 0.15) is 17.2 Å². The predicted octanol–water partition coefficient (Wildman–Crippen LogP) is 3.86. The van der Waals surface area contributed by atoms with Crippen molar-refractivity contribution in [2.45, 2.75) is 11.4 Å². The van der Waals surface area contributed by atoms with Gasteiger partial charge in [0, 0.05) is 18.1 Å². The van der Waals surface area contributed by atoms with Crippen LogP contribution in [0, 0.1) is 5.82 Å². The third-order valence-electron chi connectivity index (χ3n) is 3.74. The van der Waals surface area contributed by atoms with E-state index in [-0.39, 0.29) is 5.82 Å². The average molecular weight is 372 g/mol. The van der Waals surface area contributed by atoms with Crippen molar-refractivity contribution in [3.05, 3.63) is 60.4 Å². The van der Waals surface area contributed by atoms with E-state index in [0.717, 1.165) is 39.2 Å². The average Bonchev–Trinajstić information content (AvgIpc) is 3.30. The maximum Gasteiger partial charge on any atom is 0.264 e. The fraction of sp³-hybridized carbons (Fsp3) is 0.118. The van der Waals surface area contributed by atoms with E-state index in [9.17, 15) is 4.39 Å². The van der Waals surface area contributed by atoms with Crippen molar-refractivity contribution in [1.29, 1.82) is 0 Å². The van der Waals surface area contributed by atoms with Crippen molar-refractivity contribution in [3.63, 3.8) is 0 Å². The van der Waals surface area contributed by atoms with Crippen molar-refractivity contribution in [3.8, 4) is 11.6 Å². The maximum atomic E-state index is 13.2. The van der Waals surface area contributed by atoms with Crippen LogP contribution in [0.3, 0.4) is 0 Å². The van der Waals surface area contributed by atoms with E-state index >= 15 is 0 Å². The van der Waals surface area contributed by atoms with E-state index in [1.54, 1.807) is 18.3 Å². The number of pyridine rings is 1. The van der Waals surface area contributed by atoms with E-state index in [1.807, 2.05) is 16.7 Å². The van der Waals surface area contributed by atoms with Crippen LogP contribution in [0.25, 0.3) is 22.6 Å². The lowest BCUT2D eigenvalue weighted by molar-refractivity contribution is -0.160. The molecule has 26 heavy (non-hydrogen) atoms. The Labute approximate surface area is 151 Å². The highest BCUT2D eigenvalue weighted by molar-refractivity contribution is 7.94. The fourth-order valence-electron chi connectivity index (χ4n) is 2.64. The molecule has 0 aliphatic heterocycles. The number of nitrogens with zero attached hydrogens (tertiary/aromatic N) is 4. The van der Waals surface area contributed by atoms with Gasteiger partial charge in [-0.2, -0.15) is 4.33 Å². The number of benzene rings is 1. The summed E-state index contributed by atoms with van der Waals surface area (Å²) in [5.41, 5.74) is 2.39. The van der Waals surface area contributed by atoms with Crippen LogP contribution in [0.5, 0.6) is 0 Å². The van der Waals surface area contributed by atoms with Gasteiger partial charge in [0.05, 0.1) is 24.0 Å². The van der Waals surface area contributed by atoms with Gasteiger partial charge >= 0.3 is 0 Å². The van der Waals surface area contributed by atoms with Gasteiger partial charge in [-0.15, -0.1) is 10.2 Å². The molecule has 0 amide bonds. The summed E-state index contributed by atoms with van der Waals surface area (Å²) >= 11 is 1.07. The monoisotopic (exact) mass is 372 g/mol. The Morgan fingerprint density at radius 1 is 1.23 bits per heavy atom. The molecule has 3 aromatic heterocycles. The first-order valence-electron chi connectivity index (χ1n) is 7.62. The zero-order valence-corrected chi connectivity index (χ0v) is 14.4. The number of hydrogen-bond acceptors (Lipinski definition) is 7. The Hall–Kier alpha value is -2.75. The quantitative estimate of drug-likeness (QED) is 0.289. The van der Waals surface area contributed by atoms with E-state index in [1.165, 1.54) is 25.6 Å². The smallest absolute Gasteiger partial charge is 0.264 e. The first-order chi connectivity index (χ1) is 12.7. The highest BCUT2D eigenvalue weighted by atomic mass is 32.2. The second-order valence-electron chi connectivity index (χ2n) is 5.39. The maximum absolute atomic E-state index is 13.2. The molecular formula is C17H13FN4O3S. The molecule has 0 radical (unpaired) electrons. The third kappa shape index (κ3) is 3.32. The van der Waals surface area contributed by atoms with E-state index in [0.29, 0.717) is 12.4 Å². The largest absolute Gasteiger partial charge is 0.422 e. The lowest BCUT2D eigenvalue weighted by Gasteiger charge is -2.08. The topological polar surface area (TPSA) is 75.2 Å². The lowest BCUT2D eigenvalue weighted by atomic mass is 10.2. The second-order valence-corrected chi connectivity index (χ2v) is 6.16. The lowest BCUT2D eigenvalue weighted by Crippen LogP contribution is -2.03. The highest BCUT2D eigenvalue weighted by Gasteiger charge is 2.16. The summed E-state index contributed by atoms with van der Waals surface area (Å²) in [6, 6.07) is 10.2. The molecule has 4 aromatic rings. The van der Waals surface area contributed by atoms with Crippen molar-refractivity contribution < 1.29 is 18.0 Å². The molecular weight excluding hydrogens is 359 g/mol. The van der Waals surface area contributed by atoms with Crippen LogP contribution >= 0.6 is 12.0 Å². The summed E-state index contributed by atoms with van der Waals surface area (Å²) in [4.78, 5) is 9.91. The second kappa shape index (κ2) is 7.24. The Morgan fingerprint density at radius 3 is 2.81 bits per heavy atom. The molecule has 0 bridgehead atoms. The Morgan fingerprint density at radius 2 is 2.08 bits per heavy atom. The zero-order valence-electron chi connectivity index (χ0n) is 13.6. The van der Waals surface area contributed by atoms with Crippen LogP contribution < -0.4 is 0 Å². The van der Waals surface area contributed by atoms with Gasteiger partial charge in [-0.1, -0.05) is 12.1 Å². The number of fused-ring (bicyclic) bond motifs is 1. The molecule has 9 heteroatoms. The summed E-state index contributed by atoms with van der Waals surface area (Å²) in [6.45, 7) is 0.482. The molecule has 0 unspecified atom stereocenters. The molecule has 7 nitrogen and oxygen atoms in total. The Bertz CT molecular complexity index is 1020. The number of rotatable bonds is 6. The Balaban J connectivity index is 1.79. The molecule has 0 atom stereocenters. The van der Waals surface area contributed by atoms with Crippen LogP contribution in [0.1, 0.15) is 5.56 Å². The standard InChI is InChI=1S/C17H13FN4O3S/c1-23-25-26-14-6-12-7-15(17-21-20-10-24-17)22(16(12)19-8-14)9-11-2-4-13(18)5-3-11/h2-8,10H,9H2,1H3. The van der Waals surface area contributed by atoms with Gasteiger partial charge in [-0.25, -0.2) is 14.3 Å². The molecule has 0 fully saturated rings. The first kappa shape index (κ1) is 16.7. The molecule has 0 aliphatic carbocycles. The van der Waals surface area contributed by atoms with Crippen LogP contribution in [0.15, 0.2) is 58.3 Å². The van der Waals surface area contributed by atoms with Crippen LogP contribution in [-0.2, 0) is 15.8 Å². The minimum atomic E-state index is -0.277. The fourth-order valence-corrected chi connectivity index (χ4v) is 3.06. The molecule has 0 saturated heterocycles. The zero-order chi connectivity index (χ0) is 17.9.